The van der Waals surface area contributed by atoms with Crippen molar-refractivity contribution in [1.29, 1.82) is 5.26 Å². The minimum atomic E-state index is -0.493. The van der Waals surface area contributed by atoms with Crippen LogP contribution in [-0.4, -0.2) is 37.9 Å². The van der Waals surface area contributed by atoms with Gasteiger partial charge in [-0.1, -0.05) is 0 Å². The molecule has 0 spiro atoms. The zero-order chi connectivity index (χ0) is 17.2. The molecule has 2 rings (SSSR count). The van der Waals surface area contributed by atoms with Crippen LogP contribution in [0.3, 0.4) is 0 Å². The average molecular weight is 355 g/mol. The molecule has 0 bridgehead atoms. The van der Waals surface area contributed by atoms with Crippen molar-refractivity contribution in [3.8, 4) is 17.6 Å². The lowest BCUT2D eigenvalue weighted by Gasteiger charge is -2.00. The fraction of sp³-hybridized carbons (Fsp3) is 0.214. The van der Waals surface area contributed by atoms with Gasteiger partial charge in [0.1, 0.15) is 17.6 Å². The van der Waals surface area contributed by atoms with Gasteiger partial charge in [-0.3, -0.25) is 0 Å². The highest BCUT2D eigenvalue weighted by atomic mass is 32.1. The summed E-state index contributed by atoms with van der Waals surface area (Å²) in [5.41, 5.74) is 0. The normalized spacial score (nSPS) is 9.09. The number of ether oxygens (including phenoxy) is 3. The Morgan fingerprint density at radius 3 is 2.22 bits per heavy atom. The number of carbonyl (C=O) groups excluding carboxylic acids is 2. The summed E-state index contributed by atoms with van der Waals surface area (Å²) in [5, 5.41) is 20.6. The number of rotatable bonds is 4. The van der Waals surface area contributed by atoms with E-state index in [1.807, 2.05) is 6.07 Å². The smallest absolute Gasteiger partial charge is 0.351 e. The first kappa shape index (κ1) is 18.5. The van der Waals surface area contributed by atoms with E-state index in [0.717, 1.165) is 11.3 Å². The molecule has 0 saturated carbocycles. The van der Waals surface area contributed by atoms with Crippen LogP contribution in [0.2, 0.25) is 0 Å². The number of hydrogen-bond donors (Lipinski definition) is 1. The van der Waals surface area contributed by atoms with Crippen LogP contribution in [0.4, 0.5) is 0 Å². The van der Waals surface area contributed by atoms with Crippen molar-refractivity contribution in [2.45, 2.75) is 0 Å². The second-order valence-electron chi connectivity index (χ2n) is 3.68. The van der Waals surface area contributed by atoms with Gasteiger partial charge in [-0.15, -0.1) is 22.7 Å². The van der Waals surface area contributed by atoms with Crippen LogP contribution in [-0.2, 0) is 9.47 Å². The van der Waals surface area contributed by atoms with Gasteiger partial charge in [0.25, 0.3) is 0 Å². The van der Waals surface area contributed by atoms with E-state index >= 15 is 0 Å². The first-order chi connectivity index (χ1) is 11.0. The summed E-state index contributed by atoms with van der Waals surface area (Å²) in [6.07, 6.45) is 0. The quantitative estimate of drug-likeness (QED) is 0.840. The lowest BCUT2D eigenvalue weighted by molar-refractivity contribution is 0.0593. The molecule has 0 atom stereocenters. The standard InChI is InChI=1S/C8H7NO3S.C6H6O3S/c1-11-8(10)7-6(2-5-13-7)12-4-3-9;1-9-6(8)5-4(7)2-3-10-5/h2,5H,4H2,1H3;2-3,7H,1H3. The molecular formula is C14H13NO6S2. The van der Waals surface area contributed by atoms with Crippen LogP contribution in [0.5, 0.6) is 11.5 Å². The van der Waals surface area contributed by atoms with E-state index < -0.39 is 11.9 Å². The summed E-state index contributed by atoms with van der Waals surface area (Å²) in [5.74, 6) is -0.550. The number of hydrogen-bond acceptors (Lipinski definition) is 9. The first-order valence-corrected chi connectivity index (χ1v) is 7.81. The van der Waals surface area contributed by atoms with Gasteiger partial charge < -0.3 is 19.3 Å². The van der Waals surface area contributed by atoms with Gasteiger partial charge in [-0.25, -0.2) is 9.59 Å². The van der Waals surface area contributed by atoms with Gasteiger partial charge in [-0.2, -0.15) is 5.26 Å². The minimum absolute atomic E-state index is 0.0168. The number of nitrogens with zero attached hydrogens (tertiary/aromatic N) is 1. The Bertz CT molecular complexity index is 700. The molecule has 2 aromatic rings. The fourth-order valence-electron chi connectivity index (χ4n) is 1.31. The molecule has 7 nitrogen and oxygen atoms in total. The Morgan fingerprint density at radius 2 is 1.70 bits per heavy atom. The van der Waals surface area contributed by atoms with Crippen LogP contribution in [0.25, 0.3) is 0 Å². The Labute approximate surface area is 140 Å². The molecule has 9 heteroatoms. The molecule has 0 aliphatic rings. The third-order valence-electron chi connectivity index (χ3n) is 2.31. The molecule has 0 aliphatic heterocycles. The summed E-state index contributed by atoms with van der Waals surface area (Å²) >= 11 is 2.38. The number of nitriles is 1. The van der Waals surface area contributed by atoms with Crippen molar-refractivity contribution in [1.82, 2.24) is 0 Å². The van der Waals surface area contributed by atoms with Crippen molar-refractivity contribution in [2.75, 3.05) is 20.8 Å². The Hall–Kier alpha value is -2.57. The molecule has 2 aromatic heterocycles. The van der Waals surface area contributed by atoms with E-state index in [9.17, 15) is 9.59 Å². The molecule has 122 valence electrons. The van der Waals surface area contributed by atoms with Gasteiger partial charge in [0.2, 0.25) is 0 Å². The molecule has 0 aromatic carbocycles. The Kier molecular flexibility index (Phi) is 7.59. The summed E-state index contributed by atoms with van der Waals surface area (Å²) < 4.78 is 13.9. The number of esters is 2. The fourth-order valence-corrected chi connectivity index (χ4v) is 2.76. The third kappa shape index (κ3) is 5.28. The lowest BCUT2D eigenvalue weighted by atomic mass is 10.4. The number of carbonyl (C=O) groups is 2. The van der Waals surface area contributed by atoms with Gasteiger partial charge in [0, 0.05) is 0 Å². The van der Waals surface area contributed by atoms with Gasteiger partial charge in [0.05, 0.1) is 14.2 Å². The van der Waals surface area contributed by atoms with Crippen molar-refractivity contribution in [2.24, 2.45) is 0 Å². The van der Waals surface area contributed by atoms with Crippen molar-refractivity contribution in [3.63, 3.8) is 0 Å². The molecule has 0 radical (unpaired) electrons. The highest BCUT2D eigenvalue weighted by molar-refractivity contribution is 7.12. The van der Waals surface area contributed by atoms with Crippen LogP contribution < -0.4 is 4.74 Å². The van der Waals surface area contributed by atoms with Crippen LogP contribution in [0, 0.1) is 11.3 Å². The second-order valence-corrected chi connectivity index (χ2v) is 5.51. The van der Waals surface area contributed by atoms with Crippen LogP contribution >= 0.6 is 22.7 Å². The molecule has 0 saturated heterocycles. The van der Waals surface area contributed by atoms with Crippen LogP contribution in [0.15, 0.2) is 22.9 Å². The van der Waals surface area contributed by atoms with Gasteiger partial charge in [0.15, 0.2) is 16.4 Å². The van der Waals surface area contributed by atoms with E-state index in [1.54, 1.807) is 16.8 Å². The van der Waals surface area contributed by atoms with E-state index in [2.05, 4.69) is 9.47 Å². The maximum atomic E-state index is 11.1. The lowest BCUT2D eigenvalue weighted by Crippen LogP contribution is -2.02. The Balaban J connectivity index is 0.000000238. The van der Waals surface area contributed by atoms with Crippen molar-refractivity contribution >= 4 is 34.6 Å². The molecule has 0 aliphatic carbocycles. The first-order valence-electron chi connectivity index (χ1n) is 6.05. The summed E-state index contributed by atoms with van der Waals surface area (Å²) in [4.78, 5) is 22.4. The SMILES string of the molecule is COC(=O)c1sccc1O.COC(=O)c1sccc1OCC#N. The number of methoxy groups -OCH3 is 2. The molecule has 0 unspecified atom stereocenters. The predicted octanol–water partition coefficient (Wildman–Crippen LogP) is 2.68. The highest BCUT2D eigenvalue weighted by Crippen LogP contribution is 2.25. The number of aromatic hydroxyl groups is 1. The summed E-state index contributed by atoms with van der Waals surface area (Å²) in [7, 11) is 2.58. The zero-order valence-electron chi connectivity index (χ0n) is 12.3. The van der Waals surface area contributed by atoms with Gasteiger partial charge >= 0.3 is 11.9 Å². The van der Waals surface area contributed by atoms with E-state index in [4.69, 9.17) is 15.1 Å². The van der Waals surface area contributed by atoms with E-state index in [0.29, 0.717) is 10.6 Å². The number of thiophene rings is 2. The molecule has 23 heavy (non-hydrogen) atoms. The molecule has 1 N–H and O–H groups in total. The van der Waals surface area contributed by atoms with E-state index in [-0.39, 0.29) is 17.2 Å². The minimum Gasteiger partial charge on any atom is -0.506 e. The molecule has 0 fully saturated rings. The van der Waals surface area contributed by atoms with Crippen molar-refractivity contribution in [3.05, 3.63) is 32.6 Å². The third-order valence-corrected chi connectivity index (χ3v) is 4.07. The summed E-state index contributed by atoms with van der Waals surface area (Å²) in [6.45, 7) is -0.0687. The maximum Gasteiger partial charge on any atom is 0.351 e. The predicted molar refractivity (Wildman–Crippen MR) is 84.1 cm³/mol. The van der Waals surface area contributed by atoms with E-state index in [1.165, 1.54) is 31.6 Å². The largest absolute Gasteiger partial charge is 0.506 e. The Morgan fingerprint density at radius 1 is 1.13 bits per heavy atom. The molecule has 2 heterocycles. The molecule has 0 amide bonds. The monoisotopic (exact) mass is 355 g/mol. The molecular weight excluding hydrogens is 342 g/mol. The highest BCUT2D eigenvalue weighted by Gasteiger charge is 2.14. The van der Waals surface area contributed by atoms with Crippen molar-refractivity contribution < 1.29 is 28.9 Å². The second kappa shape index (κ2) is 9.45. The maximum absolute atomic E-state index is 11.1. The topological polar surface area (TPSA) is 106 Å². The van der Waals surface area contributed by atoms with Crippen LogP contribution in [0.1, 0.15) is 19.3 Å². The summed E-state index contributed by atoms with van der Waals surface area (Å²) in [6, 6.07) is 4.91. The van der Waals surface area contributed by atoms with Gasteiger partial charge in [-0.05, 0) is 22.9 Å². The average Bonchev–Trinajstić information content (AvgIpc) is 3.20. The zero-order valence-corrected chi connectivity index (χ0v) is 13.9.